The minimum Gasteiger partial charge on any atom is -0.350 e. The zero-order valence-electron chi connectivity index (χ0n) is 7.40. The Morgan fingerprint density at radius 2 is 2.00 bits per heavy atom. The molecule has 1 aliphatic heterocycles. The van der Waals surface area contributed by atoms with Gasteiger partial charge in [-0.2, -0.15) is 0 Å². The van der Waals surface area contributed by atoms with Gasteiger partial charge in [-0.25, -0.2) is 0 Å². The fourth-order valence-corrected chi connectivity index (χ4v) is 1.58. The minimum absolute atomic E-state index is 0.270. The van der Waals surface area contributed by atoms with Crippen LogP contribution in [0.3, 0.4) is 0 Å². The van der Waals surface area contributed by atoms with Crippen LogP contribution in [-0.4, -0.2) is 11.2 Å². The fraction of sp³-hybridized carbons (Fsp3) is 1.00. The first-order chi connectivity index (χ1) is 5.19. The van der Waals surface area contributed by atoms with Gasteiger partial charge in [0.2, 0.25) is 0 Å². The van der Waals surface area contributed by atoms with Gasteiger partial charge in [0.15, 0.2) is 5.06 Å². The SMILES string of the molecule is CCCCCCC1(Cl)OC1C. The van der Waals surface area contributed by atoms with Crippen LogP contribution in [0.25, 0.3) is 0 Å². The van der Waals surface area contributed by atoms with E-state index in [1.165, 1.54) is 25.7 Å². The van der Waals surface area contributed by atoms with Crippen molar-refractivity contribution in [2.24, 2.45) is 0 Å². The Kier molecular flexibility index (Phi) is 3.20. The molecule has 0 aromatic rings. The summed E-state index contributed by atoms with van der Waals surface area (Å²) in [6.45, 7) is 4.25. The highest BCUT2D eigenvalue weighted by atomic mass is 35.5. The molecule has 1 rings (SSSR count). The van der Waals surface area contributed by atoms with E-state index in [9.17, 15) is 0 Å². The monoisotopic (exact) mass is 176 g/mol. The van der Waals surface area contributed by atoms with Crippen molar-refractivity contribution in [3.05, 3.63) is 0 Å². The molecule has 0 aliphatic carbocycles. The van der Waals surface area contributed by atoms with Crippen LogP contribution in [0.5, 0.6) is 0 Å². The molecule has 66 valence electrons. The summed E-state index contributed by atoms with van der Waals surface area (Å²) in [4.78, 5) is 0. The fourth-order valence-electron chi connectivity index (χ4n) is 1.31. The molecule has 0 amide bonds. The van der Waals surface area contributed by atoms with Gasteiger partial charge in [0.25, 0.3) is 0 Å². The van der Waals surface area contributed by atoms with E-state index in [4.69, 9.17) is 16.3 Å². The highest BCUT2D eigenvalue weighted by Crippen LogP contribution is 2.44. The lowest BCUT2D eigenvalue weighted by Gasteiger charge is -2.01. The van der Waals surface area contributed by atoms with Gasteiger partial charge in [-0.05, 0) is 19.8 Å². The standard InChI is InChI=1S/C9H17ClO/c1-3-4-5-6-7-9(10)8(2)11-9/h8H,3-7H2,1-2H3. The average Bonchev–Trinajstić information content (AvgIpc) is 2.54. The van der Waals surface area contributed by atoms with Gasteiger partial charge in [-0.1, -0.05) is 37.8 Å². The van der Waals surface area contributed by atoms with Crippen molar-refractivity contribution in [1.82, 2.24) is 0 Å². The van der Waals surface area contributed by atoms with Crippen molar-refractivity contribution in [2.45, 2.75) is 57.1 Å². The number of hydrogen-bond donors (Lipinski definition) is 0. The van der Waals surface area contributed by atoms with Crippen molar-refractivity contribution in [2.75, 3.05) is 0 Å². The molecule has 2 unspecified atom stereocenters. The summed E-state index contributed by atoms with van der Waals surface area (Å²) in [6.07, 6.45) is 6.41. The minimum atomic E-state index is -0.270. The molecule has 0 spiro atoms. The van der Waals surface area contributed by atoms with E-state index in [2.05, 4.69) is 6.92 Å². The lowest BCUT2D eigenvalue weighted by atomic mass is 10.1. The summed E-state index contributed by atoms with van der Waals surface area (Å²) >= 11 is 6.05. The first kappa shape index (κ1) is 9.34. The number of halogens is 1. The summed E-state index contributed by atoms with van der Waals surface area (Å²) in [5.41, 5.74) is 0. The van der Waals surface area contributed by atoms with Gasteiger partial charge >= 0.3 is 0 Å². The zero-order chi connectivity index (χ0) is 8.32. The predicted molar refractivity (Wildman–Crippen MR) is 47.9 cm³/mol. The Morgan fingerprint density at radius 1 is 1.36 bits per heavy atom. The van der Waals surface area contributed by atoms with Crippen LogP contribution in [0, 0.1) is 0 Å². The number of ether oxygens (including phenoxy) is 1. The van der Waals surface area contributed by atoms with Crippen molar-refractivity contribution < 1.29 is 4.74 Å². The molecule has 0 saturated carbocycles. The summed E-state index contributed by atoms with van der Waals surface area (Å²) in [7, 11) is 0. The second kappa shape index (κ2) is 3.77. The second-order valence-corrected chi connectivity index (χ2v) is 4.00. The van der Waals surface area contributed by atoms with Crippen molar-refractivity contribution in [3.63, 3.8) is 0 Å². The van der Waals surface area contributed by atoms with E-state index in [1.54, 1.807) is 0 Å². The van der Waals surface area contributed by atoms with E-state index in [0.717, 1.165) is 6.42 Å². The molecule has 1 fully saturated rings. The van der Waals surface area contributed by atoms with Gasteiger partial charge in [0.05, 0.1) is 0 Å². The molecule has 1 saturated heterocycles. The second-order valence-electron chi connectivity index (χ2n) is 3.36. The Labute approximate surface area is 74.1 Å². The number of alkyl halides is 1. The van der Waals surface area contributed by atoms with Gasteiger partial charge in [-0.15, -0.1) is 0 Å². The normalized spacial score (nSPS) is 35.7. The lowest BCUT2D eigenvalue weighted by Crippen LogP contribution is -2.03. The third-order valence-electron chi connectivity index (χ3n) is 2.29. The van der Waals surface area contributed by atoms with Gasteiger partial charge in [0.1, 0.15) is 6.10 Å². The molecule has 0 N–H and O–H groups in total. The molecular weight excluding hydrogens is 160 g/mol. The van der Waals surface area contributed by atoms with Gasteiger partial charge in [-0.3, -0.25) is 0 Å². The molecule has 2 heteroatoms. The van der Waals surface area contributed by atoms with E-state index in [-0.39, 0.29) is 11.2 Å². The molecule has 1 aliphatic rings. The maximum absolute atomic E-state index is 6.05. The third-order valence-corrected chi connectivity index (χ3v) is 2.88. The molecule has 2 atom stereocenters. The number of hydrogen-bond acceptors (Lipinski definition) is 1. The summed E-state index contributed by atoms with van der Waals surface area (Å²) in [5, 5.41) is -0.270. The van der Waals surface area contributed by atoms with Crippen LogP contribution >= 0.6 is 11.6 Å². The van der Waals surface area contributed by atoms with E-state index >= 15 is 0 Å². The zero-order valence-corrected chi connectivity index (χ0v) is 8.16. The van der Waals surface area contributed by atoms with Gasteiger partial charge < -0.3 is 4.74 Å². The van der Waals surface area contributed by atoms with Crippen LogP contribution in [0.2, 0.25) is 0 Å². The van der Waals surface area contributed by atoms with Crippen molar-refractivity contribution in [3.8, 4) is 0 Å². The van der Waals surface area contributed by atoms with E-state index < -0.39 is 0 Å². The van der Waals surface area contributed by atoms with E-state index in [0.29, 0.717) is 0 Å². The molecule has 1 nitrogen and oxygen atoms in total. The molecular formula is C9H17ClO. The van der Waals surface area contributed by atoms with Crippen molar-refractivity contribution >= 4 is 11.6 Å². The maximum Gasteiger partial charge on any atom is 0.168 e. The highest BCUT2D eigenvalue weighted by molar-refractivity contribution is 6.24. The highest BCUT2D eigenvalue weighted by Gasteiger charge is 2.50. The topological polar surface area (TPSA) is 12.5 Å². The largest absolute Gasteiger partial charge is 0.350 e. The number of epoxide rings is 1. The maximum atomic E-state index is 6.05. The first-order valence-electron chi connectivity index (χ1n) is 4.56. The molecule has 1 heterocycles. The van der Waals surface area contributed by atoms with Crippen molar-refractivity contribution in [1.29, 1.82) is 0 Å². The summed E-state index contributed by atoms with van der Waals surface area (Å²) in [5.74, 6) is 0. The summed E-state index contributed by atoms with van der Waals surface area (Å²) < 4.78 is 5.25. The predicted octanol–water partition coefficient (Wildman–Crippen LogP) is 3.31. The Morgan fingerprint density at radius 3 is 2.45 bits per heavy atom. The van der Waals surface area contributed by atoms with Crippen LogP contribution < -0.4 is 0 Å². The molecule has 11 heavy (non-hydrogen) atoms. The first-order valence-corrected chi connectivity index (χ1v) is 4.93. The molecule has 0 bridgehead atoms. The summed E-state index contributed by atoms with van der Waals surface area (Å²) in [6, 6.07) is 0. The smallest absolute Gasteiger partial charge is 0.168 e. The molecule has 0 aromatic heterocycles. The Hall–Kier alpha value is 0.250. The molecule has 0 aromatic carbocycles. The number of unbranched alkanes of at least 4 members (excludes halogenated alkanes) is 3. The quantitative estimate of drug-likeness (QED) is 0.356. The Balaban J connectivity index is 1.96. The number of rotatable bonds is 5. The van der Waals surface area contributed by atoms with E-state index in [1.807, 2.05) is 6.92 Å². The van der Waals surface area contributed by atoms with Crippen LogP contribution in [0.1, 0.15) is 46.0 Å². The van der Waals surface area contributed by atoms with Gasteiger partial charge in [0, 0.05) is 0 Å². The average molecular weight is 177 g/mol. The molecule has 0 radical (unpaired) electrons. The van der Waals surface area contributed by atoms with Crippen LogP contribution in [-0.2, 0) is 4.74 Å². The lowest BCUT2D eigenvalue weighted by molar-refractivity contribution is 0.341. The van der Waals surface area contributed by atoms with Crippen LogP contribution in [0.4, 0.5) is 0 Å². The van der Waals surface area contributed by atoms with Crippen LogP contribution in [0.15, 0.2) is 0 Å². The Bertz CT molecular complexity index is 127. The third kappa shape index (κ3) is 2.64.